The van der Waals surface area contributed by atoms with Crippen LogP contribution in [0.2, 0.25) is 0 Å². The molecule has 1 rings (SSSR count). The number of thioether (sulfide) groups is 1. The Morgan fingerprint density at radius 3 is 2.38 bits per heavy atom. The zero-order valence-corrected chi connectivity index (χ0v) is 16.0. The van der Waals surface area contributed by atoms with E-state index in [0.717, 1.165) is 19.0 Å². The number of hydrogen-bond acceptors (Lipinski definition) is 3. The Morgan fingerprint density at radius 2 is 1.75 bits per heavy atom. The largest absolute Gasteiger partial charge is 0.357 e. The highest BCUT2D eigenvalue weighted by Crippen LogP contribution is 2.22. The maximum Gasteiger partial charge on any atom is 0.222 e. The van der Waals surface area contributed by atoms with Crippen LogP contribution in [0, 0.1) is 5.92 Å². The standard InChI is InChI=1S/C18H30N4OS/c1-5-19-18(21-12-11-20-17(23)14(2)3)22-13-15(4)24-16-9-7-6-8-10-16/h6-10,14-15H,5,11-13H2,1-4H3,(H,20,23)(H2,19,21,22). The van der Waals surface area contributed by atoms with E-state index in [2.05, 4.69) is 52.1 Å². The van der Waals surface area contributed by atoms with Crippen LogP contribution in [-0.4, -0.2) is 43.3 Å². The number of carbonyl (C=O) groups is 1. The van der Waals surface area contributed by atoms with Crippen LogP contribution < -0.4 is 16.0 Å². The molecule has 0 aliphatic carbocycles. The molecular formula is C18H30N4OS. The summed E-state index contributed by atoms with van der Waals surface area (Å²) in [5, 5.41) is 9.76. The van der Waals surface area contributed by atoms with Gasteiger partial charge in [-0.25, -0.2) is 0 Å². The zero-order valence-electron chi connectivity index (χ0n) is 15.1. The number of amides is 1. The number of benzene rings is 1. The van der Waals surface area contributed by atoms with Crippen molar-refractivity contribution in [3.8, 4) is 0 Å². The molecule has 5 nitrogen and oxygen atoms in total. The lowest BCUT2D eigenvalue weighted by Crippen LogP contribution is -2.42. The Hall–Kier alpha value is -1.69. The fourth-order valence-corrected chi connectivity index (χ4v) is 2.83. The molecule has 3 N–H and O–H groups in total. The Bertz CT molecular complexity index is 505. The molecule has 0 aromatic heterocycles. The fraction of sp³-hybridized carbons (Fsp3) is 0.556. The van der Waals surface area contributed by atoms with E-state index in [9.17, 15) is 4.79 Å². The van der Waals surface area contributed by atoms with Gasteiger partial charge in [0.15, 0.2) is 5.96 Å². The highest BCUT2D eigenvalue weighted by molar-refractivity contribution is 8.00. The summed E-state index contributed by atoms with van der Waals surface area (Å²) in [6, 6.07) is 10.4. The Morgan fingerprint density at radius 1 is 1.08 bits per heavy atom. The molecule has 134 valence electrons. The predicted molar refractivity (Wildman–Crippen MR) is 104 cm³/mol. The van der Waals surface area contributed by atoms with Gasteiger partial charge in [0.25, 0.3) is 0 Å². The number of nitrogens with one attached hydrogen (secondary N) is 3. The van der Waals surface area contributed by atoms with Gasteiger partial charge in [-0.2, -0.15) is 0 Å². The van der Waals surface area contributed by atoms with Crippen molar-refractivity contribution in [2.75, 3.05) is 26.2 Å². The number of rotatable bonds is 9. The molecule has 1 aromatic carbocycles. The highest BCUT2D eigenvalue weighted by Gasteiger charge is 2.06. The van der Waals surface area contributed by atoms with Crippen molar-refractivity contribution in [2.24, 2.45) is 10.9 Å². The van der Waals surface area contributed by atoms with Gasteiger partial charge in [0.2, 0.25) is 5.91 Å². The first-order valence-electron chi connectivity index (χ1n) is 8.54. The van der Waals surface area contributed by atoms with E-state index in [1.807, 2.05) is 38.6 Å². The molecule has 0 fully saturated rings. The molecule has 0 radical (unpaired) electrons. The third kappa shape index (κ3) is 8.82. The molecule has 0 saturated carbocycles. The Kier molecular flexibility index (Phi) is 10.00. The van der Waals surface area contributed by atoms with Crippen LogP contribution in [0.25, 0.3) is 0 Å². The summed E-state index contributed by atoms with van der Waals surface area (Å²) >= 11 is 1.82. The number of nitrogens with zero attached hydrogens (tertiary/aromatic N) is 1. The minimum atomic E-state index is 0.0164. The van der Waals surface area contributed by atoms with Crippen molar-refractivity contribution in [1.82, 2.24) is 16.0 Å². The average molecular weight is 351 g/mol. The quantitative estimate of drug-likeness (QED) is 0.277. The summed E-state index contributed by atoms with van der Waals surface area (Å²) in [6.45, 7) is 10.8. The first-order chi connectivity index (χ1) is 11.5. The minimum Gasteiger partial charge on any atom is -0.357 e. The van der Waals surface area contributed by atoms with Gasteiger partial charge in [-0.15, -0.1) is 11.8 Å². The predicted octanol–water partition coefficient (Wildman–Crippen LogP) is 2.49. The molecule has 0 bridgehead atoms. The van der Waals surface area contributed by atoms with E-state index in [0.29, 0.717) is 18.3 Å². The molecule has 6 heteroatoms. The van der Waals surface area contributed by atoms with E-state index in [1.54, 1.807) is 0 Å². The zero-order chi connectivity index (χ0) is 17.8. The van der Waals surface area contributed by atoms with Gasteiger partial charge < -0.3 is 16.0 Å². The molecule has 0 heterocycles. The summed E-state index contributed by atoms with van der Waals surface area (Å²) in [5.41, 5.74) is 0. The van der Waals surface area contributed by atoms with Crippen LogP contribution in [0.3, 0.4) is 0 Å². The first-order valence-corrected chi connectivity index (χ1v) is 9.42. The van der Waals surface area contributed by atoms with E-state index in [4.69, 9.17) is 0 Å². The van der Waals surface area contributed by atoms with Crippen molar-refractivity contribution in [3.05, 3.63) is 30.3 Å². The lowest BCUT2D eigenvalue weighted by molar-refractivity contribution is -0.123. The van der Waals surface area contributed by atoms with Gasteiger partial charge in [0, 0.05) is 35.7 Å². The number of guanidine groups is 1. The second-order valence-electron chi connectivity index (χ2n) is 5.83. The smallest absolute Gasteiger partial charge is 0.222 e. The molecule has 0 aliphatic rings. The number of hydrogen-bond donors (Lipinski definition) is 3. The van der Waals surface area contributed by atoms with Gasteiger partial charge in [-0.1, -0.05) is 39.0 Å². The summed E-state index contributed by atoms with van der Waals surface area (Å²) in [4.78, 5) is 17.4. The second-order valence-corrected chi connectivity index (χ2v) is 7.35. The molecule has 0 aliphatic heterocycles. The van der Waals surface area contributed by atoms with Crippen LogP contribution in [0.4, 0.5) is 0 Å². The SMILES string of the molecule is CCNC(=NCC(C)Sc1ccccc1)NCCNC(=O)C(C)C. The molecule has 0 spiro atoms. The average Bonchev–Trinajstić information content (AvgIpc) is 2.57. The third-order valence-corrected chi connectivity index (χ3v) is 4.27. The van der Waals surface area contributed by atoms with Crippen LogP contribution in [0.15, 0.2) is 40.2 Å². The van der Waals surface area contributed by atoms with Crippen molar-refractivity contribution >= 4 is 23.6 Å². The summed E-state index contributed by atoms with van der Waals surface area (Å²) in [6.07, 6.45) is 0. The van der Waals surface area contributed by atoms with Crippen molar-refractivity contribution in [1.29, 1.82) is 0 Å². The maximum atomic E-state index is 11.5. The normalized spacial score (nSPS) is 12.8. The highest BCUT2D eigenvalue weighted by atomic mass is 32.2. The number of aliphatic imine (C=N–C) groups is 1. The van der Waals surface area contributed by atoms with Gasteiger partial charge in [-0.3, -0.25) is 9.79 Å². The van der Waals surface area contributed by atoms with Gasteiger partial charge in [0.05, 0.1) is 6.54 Å². The van der Waals surface area contributed by atoms with Gasteiger partial charge in [0.1, 0.15) is 0 Å². The second kappa shape index (κ2) is 11.8. The van der Waals surface area contributed by atoms with Gasteiger partial charge in [-0.05, 0) is 19.1 Å². The van der Waals surface area contributed by atoms with E-state index in [-0.39, 0.29) is 11.8 Å². The van der Waals surface area contributed by atoms with Crippen LogP contribution in [0.5, 0.6) is 0 Å². The monoisotopic (exact) mass is 350 g/mol. The Labute approximate surface area is 150 Å². The van der Waals surface area contributed by atoms with E-state index < -0.39 is 0 Å². The Balaban J connectivity index is 2.37. The fourth-order valence-electron chi connectivity index (χ4n) is 1.90. The molecule has 1 amide bonds. The van der Waals surface area contributed by atoms with Crippen molar-refractivity contribution in [2.45, 2.75) is 37.8 Å². The van der Waals surface area contributed by atoms with Crippen molar-refractivity contribution in [3.63, 3.8) is 0 Å². The van der Waals surface area contributed by atoms with E-state index in [1.165, 1.54) is 4.90 Å². The topological polar surface area (TPSA) is 65.5 Å². The molecule has 24 heavy (non-hydrogen) atoms. The minimum absolute atomic E-state index is 0.0164. The summed E-state index contributed by atoms with van der Waals surface area (Å²) in [7, 11) is 0. The van der Waals surface area contributed by atoms with E-state index >= 15 is 0 Å². The third-order valence-electron chi connectivity index (χ3n) is 3.17. The molecule has 1 aromatic rings. The lowest BCUT2D eigenvalue weighted by Gasteiger charge is -2.14. The van der Waals surface area contributed by atoms with Crippen LogP contribution >= 0.6 is 11.8 Å². The number of carbonyl (C=O) groups excluding carboxylic acids is 1. The molecule has 1 unspecified atom stereocenters. The first kappa shape index (κ1) is 20.4. The van der Waals surface area contributed by atoms with Gasteiger partial charge >= 0.3 is 0 Å². The summed E-state index contributed by atoms with van der Waals surface area (Å²) in [5.74, 6) is 0.881. The van der Waals surface area contributed by atoms with Crippen molar-refractivity contribution < 1.29 is 4.79 Å². The summed E-state index contributed by atoms with van der Waals surface area (Å²) < 4.78 is 0. The lowest BCUT2D eigenvalue weighted by atomic mass is 10.2. The molecule has 1 atom stereocenters. The maximum absolute atomic E-state index is 11.5. The molecular weight excluding hydrogens is 320 g/mol. The molecule has 0 saturated heterocycles. The van der Waals surface area contributed by atoms with Crippen LogP contribution in [0.1, 0.15) is 27.7 Å². The van der Waals surface area contributed by atoms with Crippen LogP contribution in [-0.2, 0) is 4.79 Å².